The van der Waals surface area contributed by atoms with Crippen molar-refractivity contribution in [2.75, 3.05) is 47.5 Å². The van der Waals surface area contributed by atoms with Crippen LogP contribution in [0.1, 0.15) is 296 Å². The van der Waals surface area contributed by atoms with E-state index in [-0.39, 0.29) is 32.2 Å². The number of hydrogen-bond acceptors (Lipinski definition) is 7. The molecule has 0 aliphatic heterocycles. The monoisotopic (exact) mass is 1190 g/mol. The number of allylic oxidation sites excluding steroid dienone is 18. The van der Waals surface area contributed by atoms with Crippen LogP contribution in [0, 0.1) is 0 Å². The van der Waals surface area contributed by atoms with E-state index in [1.807, 2.05) is 21.1 Å². The zero-order valence-corrected chi connectivity index (χ0v) is 55.7. The number of carboxylic acid groups (broad SMARTS) is 1. The number of carboxylic acids is 1. The summed E-state index contributed by atoms with van der Waals surface area (Å²) in [4.78, 5) is 37.6. The van der Waals surface area contributed by atoms with Crippen molar-refractivity contribution in [1.29, 1.82) is 0 Å². The highest BCUT2D eigenvalue weighted by Crippen LogP contribution is 2.18. The third-order valence-corrected chi connectivity index (χ3v) is 15.0. The number of hydrogen-bond donors (Lipinski definition) is 1. The minimum absolute atomic E-state index is 0.184. The number of carbonyl (C=O) groups is 3. The average Bonchev–Trinajstić information content (AvgIpc) is 3.48. The maximum absolute atomic E-state index is 12.9. The van der Waals surface area contributed by atoms with Crippen molar-refractivity contribution in [3.05, 3.63) is 109 Å². The molecule has 488 valence electrons. The number of likely N-dealkylation sites (N-methyl/N-ethyl adjacent to an activating group) is 1. The van der Waals surface area contributed by atoms with E-state index in [2.05, 4.69) is 123 Å². The number of rotatable bonds is 64. The molecule has 9 heteroatoms. The van der Waals surface area contributed by atoms with E-state index in [0.717, 1.165) is 96.3 Å². The molecule has 0 aromatic carbocycles. The van der Waals surface area contributed by atoms with Gasteiger partial charge in [-0.3, -0.25) is 9.59 Å². The van der Waals surface area contributed by atoms with Crippen molar-refractivity contribution in [1.82, 2.24) is 0 Å². The number of esters is 2. The molecule has 0 aliphatic rings. The van der Waals surface area contributed by atoms with Gasteiger partial charge in [0.05, 0.1) is 34.4 Å². The van der Waals surface area contributed by atoms with Gasteiger partial charge in [-0.25, -0.2) is 4.79 Å². The van der Waals surface area contributed by atoms with Crippen molar-refractivity contribution >= 4 is 17.9 Å². The molecule has 0 amide bonds. The Bertz CT molecular complexity index is 1760. The summed E-state index contributed by atoms with van der Waals surface area (Å²) in [6.07, 6.45) is 89.1. The number of carbonyl (C=O) groups excluding carboxylic acids is 2. The largest absolute Gasteiger partial charge is 0.477 e. The molecule has 0 heterocycles. The lowest BCUT2D eigenvalue weighted by atomic mass is 10.0. The highest BCUT2D eigenvalue weighted by molar-refractivity contribution is 5.71. The highest BCUT2D eigenvalue weighted by Gasteiger charge is 2.25. The van der Waals surface area contributed by atoms with Crippen LogP contribution in [0.5, 0.6) is 0 Å². The van der Waals surface area contributed by atoms with Gasteiger partial charge in [-0.2, -0.15) is 0 Å². The fraction of sp³-hybridized carbons (Fsp3) is 0.724. The summed E-state index contributed by atoms with van der Waals surface area (Å²) in [7, 11) is 5.98. The standard InChI is InChI=1S/C76H131NO8/c1-6-8-10-12-14-16-18-20-22-24-26-28-30-32-34-36-37-39-40-42-44-46-48-50-52-54-56-58-60-62-64-66-73(78)83-70-72(71-84-76(75(80)81)82-69-68-77(3,4)5)85-74(79)67-65-63-61-59-57-55-53-51-49-47-45-43-41-38-35-33-31-29-27-25-23-21-19-17-15-13-11-9-7-2/h8-11,14-17,20-23,26-29,33,35,72,76H,6-7,12-13,18-19,24-25,30-32,34,36-71H2,1-5H3/p+1/b10-8-,11-9-,16-14-,17-15-,22-20-,23-21-,28-26-,29-27-,35-33-. The number of aliphatic carboxylic acids is 1. The zero-order chi connectivity index (χ0) is 61.9. The van der Waals surface area contributed by atoms with Crippen LogP contribution in [0.3, 0.4) is 0 Å². The fourth-order valence-electron chi connectivity index (χ4n) is 9.74. The van der Waals surface area contributed by atoms with Crippen LogP contribution in [0.25, 0.3) is 0 Å². The normalized spacial score (nSPS) is 13.4. The Morgan fingerprint density at radius 3 is 0.941 bits per heavy atom. The van der Waals surface area contributed by atoms with Gasteiger partial charge in [0.2, 0.25) is 0 Å². The fourth-order valence-corrected chi connectivity index (χ4v) is 9.74. The van der Waals surface area contributed by atoms with Crippen molar-refractivity contribution < 1.29 is 42.9 Å². The molecule has 0 saturated carbocycles. The van der Waals surface area contributed by atoms with E-state index in [4.69, 9.17) is 18.9 Å². The smallest absolute Gasteiger partial charge is 0.361 e. The van der Waals surface area contributed by atoms with Gasteiger partial charge in [-0.05, 0) is 96.3 Å². The molecular weight excluding hydrogens is 1050 g/mol. The number of unbranched alkanes of at least 4 members (excludes halogenated alkanes) is 31. The van der Waals surface area contributed by atoms with Crippen molar-refractivity contribution in [3.63, 3.8) is 0 Å². The molecule has 9 nitrogen and oxygen atoms in total. The Labute approximate surface area is 524 Å². The second kappa shape index (κ2) is 65.9. The number of nitrogens with zero attached hydrogens (tertiary/aromatic N) is 1. The predicted octanol–water partition coefficient (Wildman–Crippen LogP) is 21.8. The molecule has 85 heavy (non-hydrogen) atoms. The highest BCUT2D eigenvalue weighted by atomic mass is 16.7. The Hall–Kier alpha value is -4.05. The third kappa shape index (κ3) is 67.3. The molecule has 0 rings (SSSR count). The molecule has 1 N–H and O–H groups in total. The van der Waals surface area contributed by atoms with Crippen LogP contribution < -0.4 is 0 Å². The van der Waals surface area contributed by atoms with Crippen LogP contribution in [0.4, 0.5) is 0 Å². The van der Waals surface area contributed by atoms with Crippen molar-refractivity contribution in [3.8, 4) is 0 Å². The Morgan fingerprint density at radius 1 is 0.353 bits per heavy atom. The first-order valence-electron chi connectivity index (χ1n) is 35.1. The van der Waals surface area contributed by atoms with Crippen molar-refractivity contribution in [2.24, 2.45) is 0 Å². The van der Waals surface area contributed by atoms with Crippen LogP contribution in [-0.2, 0) is 33.3 Å². The minimum Gasteiger partial charge on any atom is -0.477 e. The summed E-state index contributed by atoms with van der Waals surface area (Å²) in [6, 6.07) is 0. The molecule has 0 radical (unpaired) electrons. The lowest BCUT2D eigenvalue weighted by molar-refractivity contribution is -0.870. The van der Waals surface area contributed by atoms with Gasteiger partial charge in [0.1, 0.15) is 13.2 Å². The molecule has 0 fully saturated rings. The van der Waals surface area contributed by atoms with Crippen molar-refractivity contribution in [2.45, 2.75) is 309 Å². The summed E-state index contributed by atoms with van der Waals surface area (Å²) < 4.78 is 23.0. The van der Waals surface area contributed by atoms with Gasteiger partial charge in [-0.1, -0.05) is 297 Å². The quantitative estimate of drug-likeness (QED) is 0.0211. The molecule has 0 bridgehead atoms. The first-order valence-corrected chi connectivity index (χ1v) is 35.1. The van der Waals surface area contributed by atoms with Gasteiger partial charge < -0.3 is 28.5 Å². The Morgan fingerprint density at radius 2 is 0.635 bits per heavy atom. The molecule has 0 aliphatic carbocycles. The SMILES string of the molecule is CC/C=C\C/C=C\C/C=C\C/C=C\C/C=C\CCCCCCCCCCCCCCCC(=O)OC(COC(=O)CCCCCCCCCCCCCCCCCCCC/C=C\C/C=C\C/C=C\C/C=C\CC)COC(OCC[N+](C)(C)C)C(=O)O. The van der Waals surface area contributed by atoms with Gasteiger partial charge in [0, 0.05) is 12.8 Å². The Balaban J connectivity index is 4.10. The molecule has 0 aromatic rings. The average molecular weight is 1190 g/mol. The molecule has 0 aromatic heterocycles. The second-order valence-electron chi connectivity index (χ2n) is 24.4. The van der Waals surface area contributed by atoms with E-state index in [1.54, 1.807) is 0 Å². The number of quaternary nitrogens is 1. The van der Waals surface area contributed by atoms with Crippen LogP contribution in [-0.4, -0.2) is 87.4 Å². The maximum atomic E-state index is 12.9. The van der Waals surface area contributed by atoms with Gasteiger partial charge in [0.25, 0.3) is 6.29 Å². The predicted molar refractivity (Wildman–Crippen MR) is 364 cm³/mol. The lowest BCUT2D eigenvalue weighted by Gasteiger charge is -2.25. The molecule has 2 atom stereocenters. The van der Waals surface area contributed by atoms with E-state index in [9.17, 15) is 19.5 Å². The summed E-state index contributed by atoms with van der Waals surface area (Å²) >= 11 is 0. The lowest BCUT2D eigenvalue weighted by Crippen LogP contribution is -2.40. The molecule has 0 spiro atoms. The van der Waals surface area contributed by atoms with E-state index in [1.165, 1.54) is 173 Å². The summed E-state index contributed by atoms with van der Waals surface area (Å²) in [5, 5.41) is 9.75. The van der Waals surface area contributed by atoms with Crippen LogP contribution in [0.15, 0.2) is 109 Å². The van der Waals surface area contributed by atoms with Crippen LogP contribution >= 0.6 is 0 Å². The van der Waals surface area contributed by atoms with E-state index >= 15 is 0 Å². The zero-order valence-electron chi connectivity index (χ0n) is 55.7. The number of ether oxygens (including phenoxy) is 4. The van der Waals surface area contributed by atoms with E-state index in [0.29, 0.717) is 17.4 Å². The maximum Gasteiger partial charge on any atom is 0.361 e. The van der Waals surface area contributed by atoms with Crippen LogP contribution in [0.2, 0.25) is 0 Å². The van der Waals surface area contributed by atoms with Gasteiger partial charge in [0.15, 0.2) is 6.10 Å². The topological polar surface area (TPSA) is 108 Å². The first-order chi connectivity index (χ1) is 41.6. The molecule has 0 saturated heterocycles. The summed E-state index contributed by atoms with van der Waals surface area (Å²) in [6.45, 7) is 4.68. The summed E-state index contributed by atoms with van der Waals surface area (Å²) in [5.74, 6) is -2.00. The third-order valence-electron chi connectivity index (χ3n) is 15.0. The molecular formula is C76H132NO8+. The van der Waals surface area contributed by atoms with Gasteiger partial charge >= 0.3 is 17.9 Å². The van der Waals surface area contributed by atoms with E-state index < -0.39 is 24.3 Å². The summed E-state index contributed by atoms with van der Waals surface area (Å²) in [5.41, 5.74) is 0. The second-order valence-corrected chi connectivity index (χ2v) is 24.4. The first kappa shape index (κ1) is 81.0. The molecule has 2 unspecified atom stereocenters. The Kier molecular flexibility index (Phi) is 62.8. The van der Waals surface area contributed by atoms with Gasteiger partial charge in [-0.15, -0.1) is 0 Å². The minimum atomic E-state index is -1.52.